The highest BCUT2D eigenvalue weighted by Crippen LogP contribution is 2.35. The van der Waals surface area contributed by atoms with Crippen LogP contribution in [-0.2, 0) is 4.79 Å². The molecule has 0 radical (unpaired) electrons. The maximum Gasteiger partial charge on any atom is 0.312 e. The number of carboxylic acids is 1. The van der Waals surface area contributed by atoms with Crippen LogP contribution in [0.3, 0.4) is 0 Å². The molecule has 1 aromatic carbocycles. The fraction of sp³-hybridized carbons (Fsp3) is 0.364. The summed E-state index contributed by atoms with van der Waals surface area (Å²) in [6.45, 7) is 1.84. The third kappa shape index (κ3) is 2.28. The Hall–Kier alpha value is -1.26. The van der Waals surface area contributed by atoms with E-state index in [1.807, 2.05) is 6.92 Å². The molecule has 0 amide bonds. The summed E-state index contributed by atoms with van der Waals surface area (Å²) in [5, 5.41) is 9.32. The van der Waals surface area contributed by atoms with Crippen LogP contribution in [0, 0.1) is 6.92 Å². The molecule has 1 atom stereocenters. The minimum atomic E-state index is -0.990. The average Bonchev–Trinajstić information content (AvgIpc) is 2.22. The molecule has 0 aliphatic rings. The molecule has 88 valence electrons. The number of ether oxygens (including phenoxy) is 1. The molecule has 1 aromatic rings. The number of hydrogen-bond donors (Lipinski definition) is 2. The summed E-state index contributed by atoms with van der Waals surface area (Å²) < 4.78 is 5.13. The minimum absolute atomic E-state index is 0.00126. The van der Waals surface area contributed by atoms with E-state index in [9.17, 15) is 4.79 Å². The van der Waals surface area contributed by atoms with Crippen molar-refractivity contribution < 1.29 is 14.6 Å². The number of hydrogen-bond acceptors (Lipinski definition) is 3. The highest BCUT2D eigenvalue weighted by molar-refractivity contribution is 6.33. The normalized spacial score (nSPS) is 12.2. The maximum atomic E-state index is 11.0. The van der Waals surface area contributed by atoms with Crippen molar-refractivity contribution in [3.63, 3.8) is 0 Å². The van der Waals surface area contributed by atoms with Crippen LogP contribution in [0.25, 0.3) is 0 Å². The number of methoxy groups -OCH3 is 1. The Bertz CT molecular complexity index is 406. The summed E-state index contributed by atoms with van der Waals surface area (Å²) in [5.74, 6) is -1.30. The highest BCUT2D eigenvalue weighted by Gasteiger charge is 2.23. The van der Waals surface area contributed by atoms with Gasteiger partial charge in [0, 0.05) is 6.54 Å². The van der Waals surface area contributed by atoms with Crippen molar-refractivity contribution in [3.05, 3.63) is 28.3 Å². The lowest BCUT2D eigenvalue weighted by Gasteiger charge is -2.15. The summed E-state index contributed by atoms with van der Waals surface area (Å²) >= 11 is 6.09. The van der Waals surface area contributed by atoms with E-state index in [0.29, 0.717) is 16.3 Å². The average molecular weight is 244 g/mol. The largest absolute Gasteiger partial charge is 0.495 e. The van der Waals surface area contributed by atoms with Crippen molar-refractivity contribution in [1.29, 1.82) is 0 Å². The first kappa shape index (κ1) is 12.8. The molecule has 0 saturated carbocycles. The van der Waals surface area contributed by atoms with Gasteiger partial charge in [-0.3, -0.25) is 4.79 Å². The zero-order valence-electron chi connectivity index (χ0n) is 9.16. The van der Waals surface area contributed by atoms with Gasteiger partial charge in [-0.25, -0.2) is 0 Å². The van der Waals surface area contributed by atoms with Gasteiger partial charge in [-0.05, 0) is 18.1 Å². The predicted molar refractivity (Wildman–Crippen MR) is 62.2 cm³/mol. The molecule has 0 saturated heterocycles. The van der Waals surface area contributed by atoms with E-state index in [1.54, 1.807) is 12.1 Å². The molecule has 0 bridgehead atoms. The first-order valence-electron chi connectivity index (χ1n) is 4.78. The van der Waals surface area contributed by atoms with Crippen LogP contribution in [0.1, 0.15) is 17.0 Å². The van der Waals surface area contributed by atoms with Gasteiger partial charge < -0.3 is 15.6 Å². The lowest BCUT2D eigenvalue weighted by molar-refractivity contribution is -0.138. The Labute approximate surface area is 99.0 Å². The Kier molecular flexibility index (Phi) is 4.15. The smallest absolute Gasteiger partial charge is 0.312 e. The van der Waals surface area contributed by atoms with Gasteiger partial charge in [0.25, 0.3) is 0 Å². The fourth-order valence-corrected chi connectivity index (χ4v) is 1.97. The fourth-order valence-electron chi connectivity index (χ4n) is 1.55. The number of carboxylic acid groups (broad SMARTS) is 1. The summed E-state index contributed by atoms with van der Waals surface area (Å²) in [7, 11) is 1.50. The molecule has 0 aliphatic heterocycles. The molecule has 0 aliphatic carbocycles. The van der Waals surface area contributed by atoms with E-state index in [1.165, 1.54) is 7.11 Å². The molecule has 1 rings (SSSR count). The van der Waals surface area contributed by atoms with Crippen molar-refractivity contribution in [2.75, 3.05) is 13.7 Å². The van der Waals surface area contributed by atoms with Crippen molar-refractivity contribution >= 4 is 17.6 Å². The lowest BCUT2D eigenvalue weighted by Crippen LogP contribution is -2.21. The first-order valence-corrected chi connectivity index (χ1v) is 5.16. The molecule has 0 fully saturated rings. The molecule has 1 unspecified atom stereocenters. The molecule has 0 spiro atoms. The molecule has 16 heavy (non-hydrogen) atoms. The molecular weight excluding hydrogens is 230 g/mol. The molecule has 5 heteroatoms. The van der Waals surface area contributed by atoms with Crippen LogP contribution >= 0.6 is 11.6 Å². The summed E-state index contributed by atoms with van der Waals surface area (Å²) in [6, 6.07) is 3.44. The number of rotatable bonds is 4. The van der Waals surface area contributed by atoms with Crippen molar-refractivity contribution in [3.8, 4) is 5.75 Å². The van der Waals surface area contributed by atoms with Gasteiger partial charge in [0.2, 0.25) is 0 Å². The Balaban J connectivity index is 3.29. The summed E-state index contributed by atoms with van der Waals surface area (Å²) in [4.78, 5) is 11.0. The topological polar surface area (TPSA) is 72.5 Å². The number of nitrogens with two attached hydrogens (primary N) is 1. The SMILES string of the molecule is COc1c(C)ccc(C(CN)C(=O)O)c1Cl. The molecule has 0 heterocycles. The van der Waals surface area contributed by atoms with Crippen LogP contribution in [0.2, 0.25) is 5.02 Å². The van der Waals surface area contributed by atoms with E-state index in [-0.39, 0.29) is 6.54 Å². The van der Waals surface area contributed by atoms with Crippen molar-refractivity contribution in [2.45, 2.75) is 12.8 Å². The van der Waals surface area contributed by atoms with E-state index >= 15 is 0 Å². The van der Waals surface area contributed by atoms with Crippen LogP contribution in [0.5, 0.6) is 5.75 Å². The second-order valence-corrected chi connectivity index (χ2v) is 3.82. The van der Waals surface area contributed by atoms with Crippen LogP contribution < -0.4 is 10.5 Å². The Morgan fingerprint density at radius 1 is 1.62 bits per heavy atom. The van der Waals surface area contributed by atoms with Crippen molar-refractivity contribution in [1.82, 2.24) is 0 Å². The second kappa shape index (κ2) is 5.18. The van der Waals surface area contributed by atoms with E-state index in [2.05, 4.69) is 0 Å². The number of aryl methyl sites for hydroxylation is 1. The molecule has 3 N–H and O–H groups in total. The lowest BCUT2D eigenvalue weighted by atomic mass is 9.97. The number of benzene rings is 1. The Morgan fingerprint density at radius 3 is 2.69 bits per heavy atom. The van der Waals surface area contributed by atoms with E-state index < -0.39 is 11.9 Å². The zero-order chi connectivity index (χ0) is 12.3. The number of halogens is 1. The highest BCUT2D eigenvalue weighted by atomic mass is 35.5. The van der Waals surface area contributed by atoms with E-state index in [4.69, 9.17) is 27.2 Å². The van der Waals surface area contributed by atoms with Gasteiger partial charge in [0.15, 0.2) is 0 Å². The number of aliphatic carboxylic acids is 1. The van der Waals surface area contributed by atoms with Gasteiger partial charge in [-0.1, -0.05) is 23.7 Å². The standard InChI is InChI=1S/C11H14ClNO3/c1-6-3-4-7(8(5-13)11(14)15)9(12)10(6)16-2/h3-4,8H,5,13H2,1-2H3,(H,14,15). The van der Waals surface area contributed by atoms with Gasteiger partial charge in [-0.2, -0.15) is 0 Å². The molecule has 0 aromatic heterocycles. The van der Waals surface area contributed by atoms with Gasteiger partial charge in [0.1, 0.15) is 5.75 Å². The Morgan fingerprint density at radius 2 is 2.25 bits per heavy atom. The molecule has 4 nitrogen and oxygen atoms in total. The van der Waals surface area contributed by atoms with Crippen LogP contribution in [-0.4, -0.2) is 24.7 Å². The predicted octanol–water partition coefficient (Wildman–Crippen LogP) is 1.78. The quantitative estimate of drug-likeness (QED) is 0.846. The number of carbonyl (C=O) groups is 1. The summed E-state index contributed by atoms with van der Waals surface area (Å²) in [5.41, 5.74) is 6.77. The van der Waals surface area contributed by atoms with Crippen LogP contribution in [0.15, 0.2) is 12.1 Å². The first-order chi connectivity index (χ1) is 7.52. The summed E-state index contributed by atoms with van der Waals surface area (Å²) in [6.07, 6.45) is 0. The third-order valence-electron chi connectivity index (χ3n) is 2.44. The second-order valence-electron chi connectivity index (χ2n) is 3.45. The third-order valence-corrected chi connectivity index (χ3v) is 2.83. The van der Waals surface area contributed by atoms with Gasteiger partial charge >= 0.3 is 5.97 Å². The monoisotopic (exact) mass is 243 g/mol. The molecular formula is C11H14ClNO3. The zero-order valence-corrected chi connectivity index (χ0v) is 9.91. The van der Waals surface area contributed by atoms with Gasteiger partial charge in [-0.15, -0.1) is 0 Å². The van der Waals surface area contributed by atoms with E-state index in [0.717, 1.165) is 5.56 Å². The van der Waals surface area contributed by atoms with Gasteiger partial charge in [0.05, 0.1) is 18.1 Å². The van der Waals surface area contributed by atoms with Crippen molar-refractivity contribution in [2.24, 2.45) is 5.73 Å². The minimum Gasteiger partial charge on any atom is -0.495 e. The maximum absolute atomic E-state index is 11.0. The van der Waals surface area contributed by atoms with Crippen LogP contribution in [0.4, 0.5) is 0 Å².